The van der Waals surface area contributed by atoms with E-state index >= 15 is 0 Å². The molecular formula is C28H36BrFN6O4. The Morgan fingerprint density at radius 3 is 2.45 bits per heavy atom. The highest BCUT2D eigenvalue weighted by atomic mass is 79.9. The molecular weight excluding hydrogens is 583 g/mol. The van der Waals surface area contributed by atoms with Crippen LogP contribution in [0.4, 0.5) is 15.9 Å². The number of hydrogen-bond donors (Lipinski definition) is 2. The van der Waals surface area contributed by atoms with Gasteiger partial charge >= 0.3 is 0 Å². The van der Waals surface area contributed by atoms with E-state index in [0.29, 0.717) is 44.9 Å². The largest absolute Gasteiger partial charge is 0.493 e. The molecule has 2 aliphatic rings. The fourth-order valence-electron chi connectivity index (χ4n) is 4.99. The highest BCUT2D eigenvalue weighted by molar-refractivity contribution is 9.10. The quantitative estimate of drug-likeness (QED) is 0.334. The van der Waals surface area contributed by atoms with Gasteiger partial charge in [-0.3, -0.25) is 14.7 Å². The molecule has 2 aromatic carbocycles. The van der Waals surface area contributed by atoms with Crippen LogP contribution in [-0.2, 0) is 4.74 Å². The van der Waals surface area contributed by atoms with Crippen LogP contribution in [0.5, 0.6) is 11.5 Å². The topological polar surface area (TPSA) is 95.4 Å². The summed E-state index contributed by atoms with van der Waals surface area (Å²) in [6.45, 7) is 10.4. The number of aliphatic hydroxyl groups excluding tert-OH is 1. The molecule has 10 nitrogen and oxygen atoms in total. The number of β-amino-alcohol motifs (C(OH)–C–C–N with tert-alkyl or cyclic N) is 1. The summed E-state index contributed by atoms with van der Waals surface area (Å²) in [7, 11) is 1.55. The third-order valence-electron chi connectivity index (χ3n) is 7.31. The molecule has 1 aromatic heterocycles. The van der Waals surface area contributed by atoms with E-state index in [4.69, 9.17) is 14.2 Å². The number of benzene rings is 2. The van der Waals surface area contributed by atoms with Crippen LogP contribution in [0.3, 0.4) is 0 Å². The lowest BCUT2D eigenvalue weighted by Crippen LogP contribution is -2.51. The van der Waals surface area contributed by atoms with Crippen molar-refractivity contribution in [1.82, 2.24) is 24.7 Å². The van der Waals surface area contributed by atoms with Gasteiger partial charge in [-0.05, 0) is 24.3 Å². The molecule has 2 aliphatic heterocycles. The Bertz CT molecular complexity index is 1270. The minimum Gasteiger partial charge on any atom is -0.493 e. The van der Waals surface area contributed by atoms with Crippen molar-refractivity contribution in [3.8, 4) is 11.5 Å². The van der Waals surface area contributed by atoms with Crippen molar-refractivity contribution in [3.63, 3.8) is 0 Å². The van der Waals surface area contributed by atoms with Crippen molar-refractivity contribution in [2.75, 3.05) is 91.2 Å². The zero-order valence-electron chi connectivity index (χ0n) is 22.7. The highest BCUT2D eigenvalue weighted by Crippen LogP contribution is 2.35. The van der Waals surface area contributed by atoms with Gasteiger partial charge in [0, 0.05) is 74.8 Å². The molecule has 0 amide bonds. The number of anilines is 2. The molecule has 0 aliphatic carbocycles. The number of morpholine rings is 1. The number of nitrogens with zero attached hydrogens (tertiary/aromatic N) is 5. The summed E-state index contributed by atoms with van der Waals surface area (Å²) in [5.41, 5.74) is 0.900. The summed E-state index contributed by atoms with van der Waals surface area (Å²) in [6.07, 6.45) is 0.760. The Balaban J connectivity index is 1.14. The predicted octanol–water partition coefficient (Wildman–Crippen LogP) is 2.97. The average molecular weight is 620 g/mol. The minimum absolute atomic E-state index is 0.124. The fourth-order valence-corrected chi connectivity index (χ4v) is 5.33. The second-order valence-corrected chi connectivity index (χ2v) is 11.0. The number of piperazine rings is 1. The van der Waals surface area contributed by atoms with E-state index in [9.17, 15) is 9.50 Å². The molecule has 0 bridgehead atoms. The predicted molar refractivity (Wildman–Crippen MR) is 155 cm³/mol. The van der Waals surface area contributed by atoms with Gasteiger partial charge in [0.15, 0.2) is 11.5 Å². The Kier molecular flexibility index (Phi) is 10.00. The molecule has 2 fully saturated rings. The van der Waals surface area contributed by atoms with Gasteiger partial charge in [-0.15, -0.1) is 0 Å². The summed E-state index contributed by atoms with van der Waals surface area (Å²) in [5, 5.41) is 14.4. The lowest BCUT2D eigenvalue weighted by molar-refractivity contribution is 0.0240. The second kappa shape index (κ2) is 13.8. The molecule has 12 heteroatoms. The lowest BCUT2D eigenvalue weighted by atomic mass is 10.2. The third-order valence-corrected chi connectivity index (χ3v) is 7.80. The van der Waals surface area contributed by atoms with Crippen LogP contribution in [0.1, 0.15) is 0 Å². The van der Waals surface area contributed by atoms with Crippen LogP contribution in [0.25, 0.3) is 10.9 Å². The van der Waals surface area contributed by atoms with E-state index in [1.54, 1.807) is 31.4 Å². The molecule has 0 radical (unpaired) electrons. The maximum absolute atomic E-state index is 14.4. The molecule has 1 atom stereocenters. The van der Waals surface area contributed by atoms with Crippen molar-refractivity contribution in [3.05, 3.63) is 46.9 Å². The molecule has 1 unspecified atom stereocenters. The van der Waals surface area contributed by atoms with Crippen molar-refractivity contribution < 1.29 is 23.7 Å². The van der Waals surface area contributed by atoms with Gasteiger partial charge in [-0.1, -0.05) is 15.9 Å². The Morgan fingerprint density at radius 1 is 1.00 bits per heavy atom. The Morgan fingerprint density at radius 2 is 1.73 bits per heavy atom. The van der Waals surface area contributed by atoms with Crippen LogP contribution in [-0.4, -0.2) is 122 Å². The number of halogens is 2. The Labute approximate surface area is 242 Å². The number of hydrogen-bond acceptors (Lipinski definition) is 10. The number of methoxy groups -OCH3 is 1. The summed E-state index contributed by atoms with van der Waals surface area (Å²) in [5.74, 6) is 0.987. The molecule has 2 N–H and O–H groups in total. The first-order valence-electron chi connectivity index (χ1n) is 13.6. The maximum Gasteiger partial charge on any atom is 0.163 e. The number of ether oxygens (including phenoxy) is 3. The van der Waals surface area contributed by atoms with Crippen LogP contribution in [0.2, 0.25) is 0 Å². The van der Waals surface area contributed by atoms with Crippen LogP contribution in [0.15, 0.2) is 41.1 Å². The highest BCUT2D eigenvalue weighted by Gasteiger charge is 2.21. The first-order valence-corrected chi connectivity index (χ1v) is 14.4. The summed E-state index contributed by atoms with van der Waals surface area (Å²) in [4.78, 5) is 15.9. The molecule has 2 saturated heterocycles. The Hall–Kier alpha value is -2.61. The van der Waals surface area contributed by atoms with Crippen LogP contribution < -0.4 is 14.8 Å². The van der Waals surface area contributed by atoms with Gasteiger partial charge in [-0.25, -0.2) is 14.4 Å². The lowest BCUT2D eigenvalue weighted by Gasteiger charge is -2.37. The third kappa shape index (κ3) is 7.56. The number of fused-ring (bicyclic) bond motifs is 1. The SMILES string of the molecule is COc1cc2c(Nc3ccc(Br)cc3F)ncnc2cc1OCC(O)CN1CCN(CCN2CCOCC2)CC1. The van der Waals surface area contributed by atoms with Crippen molar-refractivity contribution >= 4 is 38.3 Å². The van der Waals surface area contributed by atoms with Crippen molar-refractivity contribution in [2.45, 2.75) is 6.10 Å². The minimum atomic E-state index is -0.650. The van der Waals surface area contributed by atoms with Crippen molar-refractivity contribution in [2.24, 2.45) is 0 Å². The number of nitrogens with one attached hydrogen (secondary N) is 1. The van der Waals surface area contributed by atoms with E-state index in [2.05, 4.69) is 45.9 Å². The molecule has 0 spiro atoms. The summed E-state index contributed by atoms with van der Waals surface area (Å²) < 4.78 is 32.0. The number of aromatic nitrogens is 2. The fraction of sp³-hybridized carbons (Fsp3) is 0.500. The molecule has 3 heterocycles. The summed E-state index contributed by atoms with van der Waals surface area (Å²) in [6, 6.07) is 8.27. The average Bonchev–Trinajstić information content (AvgIpc) is 2.97. The molecule has 216 valence electrons. The molecule has 40 heavy (non-hydrogen) atoms. The molecule has 0 saturated carbocycles. The second-order valence-electron chi connectivity index (χ2n) is 10.1. The van der Waals surface area contributed by atoms with Crippen LogP contribution in [0, 0.1) is 5.82 Å². The summed E-state index contributed by atoms with van der Waals surface area (Å²) >= 11 is 3.27. The first kappa shape index (κ1) is 28.9. The molecule has 5 rings (SSSR count). The number of rotatable bonds is 11. The van der Waals surface area contributed by atoms with E-state index in [0.717, 1.165) is 65.6 Å². The van der Waals surface area contributed by atoms with Gasteiger partial charge in [0.25, 0.3) is 0 Å². The van der Waals surface area contributed by atoms with Gasteiger partial charge in [0.05, 0.1) is 31.5 Å². The van der Waals surface area contributed by atoms with Crippen molar-refractivity contribution in [1.29, 1.82) is 0 Å². The standard InChI is InChI=1S/C28H36BrFN6O4/c1-38-26-15-22-25(31-19-32-28(22)33-24-3-2-20(29)14-23(24)30)16-27(26)40-18-21(37)17-36-8-6-34(7-9-36)4-5-35-10-12-39-13-11-35/h2-3,14-16,19,21,37H,4-13,17-18H2,1H3,(H,31,32,33). The van der Waals surface area contributed by atoms with Gasteiger partial charge in [0.1, 0.15) is 30.7 Å². The normalized spacial score (nSPS) is 18.1. The first-order chi connectivity index (χ1) is 19.5. The zero-order chi connectivity index (χ0) is 27.9. The zero-order valence-corrected chi connectivity index (χ0v) is 24.3. The van der Waals surface area contributed by atoms with Gasteiger partial charge in [-0.2, -0.15) is 0 Å². The number of aliphatic hydroxyl groups is 1. The van der Waals surface area contributed by atoms with Crippen LogP contribution >= 0.6 is 15.9 Å². The van der Waals surface area contributed by atoms with E-state index in [1.165, 1.54) is 12.4 Å². The maximum atomic E-state index is 14.4. The smallest absolute Gasteiger partial charge is 0.163 e. The van der Waals surface area contributed by atoms with E-state index < -0.39 is 11.9 Å². The monoisotopic (exact) mass is 618 g/mol. The van der Waals surface area contributed by atoms with E-state index in [-0.39, 0.29) is 6.61 Å². The van der Waals surface area contributed by atoms with E-state index in [1.807, 2.05) is 0 Å². The van der Waals surface area contributed by atoms with Gasteiger partial charge < -0.3 is 24.6 Å². The van der Waals surface area contributed by atoms with Gasteiger partial charge in [0.2, 0.25) is 0 Å². The molecule has 3 aromatic rings.